The lowest BCUT2D eigenvalue weighted by atomic mass is 9.88. The Morgan fingerprint density at radius 1 is 1.15 bits per heavy atom. The molecule has 34 heavy (non-hydrogen) atoms. The summed E-state index contributed by atoms with van der Waals surface area (Å²) in [6.07, 6.45) is 5.75. The lowest BCUT2D eigenvalue weighted by molar-refractivity contribution is -0.118. The number of carbonyl (C=O) groups excluding carboxylic acids is 2. The number of urea groups is 1. The van der Waals surface area contributed by atoms with Crippen LogP contribution in [0.15, 0.2) is 35.8 Å². The van der Waals surface area contributed by atoms with Crippen LogP contribution in [0.1, 0.15) is 31.7 Å². The van der Waals surface area contributed by atoms with E-state index in [0.717, 1.165) is 52.0 Å². The molecule has 0 radical (unpaired) electrons. The van der Waals surface area contributed by atoms with Crippen molar-refractivity contribution >= 4 is 28.3 Å². The standard InChI is InChI=1S/C25H34FN5O2S/c1-18(32)14-31-11-8-23(28-24(33)29-25-27-9-12-34-25)21(17-31)16-30-10-2-3-20(15-30)13-19-4-6-22(26)7-5-19/h4-7,9,12,20-21,23H,2-3,8,10-11,13-17H2,1H3,(H2,27,28,29,33)/t20-,21+,23+/m0/s1. The maximum atomic E-state index is 13.3. The zero-order valence-corrected chi connectivity index (χ0v) is 20.5. The molecule has 0 spiro atoms. The zero-order valence-electron chi connectivity index (χ0n) is 19.7. The Morgan fingerprint density at radius 3 is 2.71 bits per heavy atom. The SMILES string of the molecule is CC(=O)CN1CC[C@@H](NC(=O)Nc2nccs2)[C@H](CN2CCC[C@@H](Cc3ccc(F)cc3)C2)C1. The fourth-order valence-electron chi connectivity index (χ4n) is 5.30. The van der Waals surface area contributed by atoms with Gasteiger partial charge in [0.15, 0.2) is 5.13 Å². The van der Waals surface area contributed by atoms with Crippen LogP contribution in [-0.4, -0.2) is 71.9 Å². The number of amides is 2. The number of Topliss-reactive ketones (excluding diaryl/α,β-unsaturated/α-hetero) is 1. The van der Waals surface area contributed by atoms with E-state index in [9.17, 15) is 14.0 Å². The van der Waals surface area contributed by atoms with E-state index in [-0.39, 0.29) is 29.6 Å². The molecule has 2 aromatic rings. The number of nitrogens with zero attached hydrogens (tertiary/aromatic N) is 3. The Balaban J connectivity index is 1.36. The predicted molar refractivity (Wildman–Crippen MR) is 133 cm³/mol. The van der Waals surface area contributed by atoms with Gasteiger partial charge in [-0.1, -0.05) is 12.1 Å². The Labute approximate surface area is 204 Å². The molecule has 2 saturated heterocycles. The molecule has 2 fully saturated rings. The van der Waals surface area contributed by atoms with Gasteiger partial charge in [-0.25, -0.2) is 14.2 Å². The van der Waals surface area contributed by atoms with Crippen LogP contribution in [0, 0.1) is 17.7 Å². The average Bonchev–Trinajstić information content (AvgIpc) is 3.30. The molecule has 2 N–H and O–H groups in total. The highest BCUT2D eigenvalue weighted by Crippen LogP contribution is 2.25. The maximum Gasteiger partial charge on any atom is 0.321 e. The molecule has 0 saturated carbocycles. The minimum atomic E-state index is -0.224. The molecule has 0 aliphatic carbocycles. The molecule has 1 aromatic heterocycles. The van der Waals surface area contributed by atoms with Crippen molar-refractivity contribution in [3.8, 4) is 0 Å². The van der Waals surface area contributed by atoms with Gasteiger partial charge in [0.05, 0.1) is 6.54 Å². The van der Waals surface area contributed by atoms with Crippen LogP contribution >= 0.6 is 11.3 Å². The second-order valence-electron chi connectivity index (χ2n) is 9.63. The first-order chi connectivity index (χ1) is 16.4. The number of anilines is 1. The number of thiazole rings is 1. The molecule has 4 rings (SSSR count). The van der Waals surface area contributed by atoms with Gasteiger partial charge >= 0.3 is 6.03 Å². The molecular weight excluding hydrogens is 453 g/mol. The zero-order chi connectivity index (χ0) is 23.9. The fourth-order valence-corrected chi connectivity index (χ4v) is 5.82. The number of hydrogen-bond donors (Lipinski definition) is 2. The summed E-state index contributed by atoms with van der Waals surface area (Å²) < 4.78 is 13.3. The van der Waals surface area contributed by atoms with Crippen LogP contribution in [0.25, 0.3) is 0 Å². The number of ketones is 1. The summed E-state index contributed by atoms with van der Waals surface area (Å²) in [7, 11) is 0. The summed E-state index contributed by atoms with van der Waals surface area (Å²) in [6, 6.07) is 6.66. The van der Waals surface area contributed by atoms with Gasteiger partial charge in [-0.15, -0.1) is 11.3 Å². The van der Waals surface area contributed by atoms with Crippen LogP contribution in [0.4, 0.5) is 14.3 Å². The molecule has 2 amide bonds. The first-order valence-corrected chi connectivity index (χ1v) is 13.0. The van der Waals surface area contributed by atoms with Gasteiger partial charge in [-0.3, -0.25) is 15.0 Å². The van der Waals surface area contributed by atoms with E-state index in [4.69, 9.17) is 0 Å². The Morgan fingerprint density at radius 2 is 1.97 bits per heavy atom. The Hall–Kier alpha value is -2.36. The van der Waals surface area contributed by atoms with Crippen molar-refractivity contribution in [1.82, 2.24) is 20.1 Å². The number of rotatable bonds is 8. The highest BCUT2D eigenvalue weighted by atomic mass is 32.1. The maximum absolute atomic E-state index is 13.3. The summed E-state index contributed by atoms with van der Waals surface area (Å²) >= 11 is 1.39. The van der Waals surface area contributed by atoms with Crippen LogP contribution in [-0.2, 0) is 11.2 Å². The molecule has 2 aliphatic heterocycles. The normalized spacial score (nSPS) is 24.0. The molecule has 1 aromatic carbocycles. The predicted octanol–water partition coefficient (Wildman–Crippen LogP) is 3.64. The summed E-state index contributed by atoms with van der Waals surface area (Å²) in [6.45, 7) is 6.61. The monoisotopic (exact) mass is 487 g/mol. The van der Waals surface area contributed by atoms with E-state index in [1.807, 2.05) is 17.5 Å². The lowest BCUT2D eigenvalue weighted by Crippen LogP contribution is -2.56. The average molecular weight is 488 g/mol. The third kappa shape index (κ3) is 7.32. The van der Waals surface area contributed by atoms with Crippen LogP contribution in [0.3, 0.4) is 0 Å². The van der Waals surface area contributed by atoms with Gasteiger partial charge in [-0.2, -0.15) is 0 Å². The topological polar surface area (TPSA) is 77.6 Å². The minimum absolute atomic E-state index is 0.0423. The van der Waals surface area contributed by atoms with Gasteiger partial charge in [0.1, 0.15) is 11.6 Å². The number of aromatic nitrogens is 1. The quantitative estimate of drug-likeness (QED) is 0.595. The van der Waals surface area contributed by atoms with Crippen molar-refractivity contribution < 1.29 is 14.0 Å². The number of benzene rings is 1. The van der Waals surface area contributed by atoms with Crippen molar-refractivity contribution in [1.29, 1.82) is 0 Å². The van der Waals surface area contributed by atoms with E-state index < -0.39 is 0 Å². The Kier molecular flexibility index (Phi) is 8.64. The second kappa shape index (κ2) is 11.9. The van der Waals surface area contributed by atoms with Gasteiger partial charge in [0.2, 0.25) is 0 Å². The second-order valence-corrected chi connectivity index (χ2v) is 10.5. The number of likely N-dealkylation sites (tertiary alicyclic amines) is 2. The molecule has 0 bridgehead atoms. The number of nitrogens with one attached hydrogen (secondary N) is 2. The van der Waals surface area contributed by atoms with Gasteiger partial charge in [0, 0.05) is 49.7 Å². The first kappa shape index (κ1) is 24.8. The molecule has 0 unspecified atom stereocenters. The number of carbonyl (C=O) groups is 2. The number of piperidine rings is 2. The van der Waals surface area contributed by atoms with Crippen molar-refractivity contribution in [2.45, 2.75) is 38.6 Å². The van der Waals surface area contributed by atoms with Crippen molar-refractivity contribution in [2.24, 2.45) is 11.8 Å². The summed E-state index contributed by atoms with van der Waals surface area (Å²) in [5.41, 5.74) is 1.18. The number of hydrogen-bond acceptors (Lipinski definition) is 6. The smallest absolute Gasteiger partial charge is 0.321 e. The summed E-state index contributed by atoms with van der Waals surface area (Å²) in [5.74, 6) is 0.748. The van der Waals surface area contributed by atoms with Gasteiger partial charge < -0.3 is 10.2 Å². The highest BCUT2D eigenvalue weighted by Gasteiger charge is 2.33. The van der Waals surface area contributed by atoms with E-state index in [2.05, 4.69) is 25.4 Å². The molecule has 3 heterocycles. The van der Waals surface area contributed by atoms with Crippen molar-refractivity contribution in [3.05, 3.63) is 47.2 Å². The van der Waals surface area contributed by atoms with Crippen LogP contribution < -0.4 is 10.6 Å². The lowest BCUT2D eigenvalue weighted by Gasteiger charge is -2.42. The largest absolute Gasteiger partial charge is 0.335 e. The van der Waals surface area contributed by atoms with E-state index in [0.29, 0.717) is 17.6 Å². The van der Waals surface area contributed by atoms with Gasteiger partial charge in [0.25, 0.3) is 0 Å². The van der Waals surface area contributed by atoms with Crippen molar-refractivity contribution in [2.75, 3.05) is 44.6 Å². The minimum Gasteiger partial charge on any atom is -0.335 e. The Bertz CT molecular complexity index is 939. The van der Waals surface area contributed by atoms with E-state index >= 15 is 0 Å². The molecular formula is C25H34FN5O2S. The van der Waals surface area contributed by atoms with Gasteiger partial charge in [-0.05, 0) is 62.8 Å². The molecule has 184 valence electrons. The first-order valence-electron chi connectivity index (χ1n) is 12.1. The van der Waals surface area contributed by atoms with Crippen LogP contribution in [0.2, 0.25) is 0 Å². The highest BCUT2D eigenvalue weighted by molar-refractivity contribution is 7.13. The van der Waals surface area contributed by atoms with Crippen LogP contribution in [0.5, 0.6) is 0 Å². The third-order valence-corrected chi connectivity index (χ3v) is 7.46. The van der Waals surface area contributed by atoms with E-state index in [1.54, 1.807) is 13.1 Å². The third-order valence-electron chi connectivity index (χ3n) is 6.77. The summed E-state index contributed by atoms with van der Waals surface area (Å²) in [5, 5.41) is 8.41. The molecule has 9 heteroatoms. The van der Waals surface area contributed by atoms with E-state index in [1.165, 1.54) is 35.5 Å². The van der Waals surface area contributed by atoms with Crippen molar-refractivity contribution in [3.63, 3.8) is 0 Å². The molecule has 2 aliphatic rings. The number of halogens is 1. The molecule has 7 nitrogen and oxygen atoms in total. The molecule has 3 atom stereocenters. The fraction of sp³-hybridized carbons (Fsp3) is 0.560. The summed E-state index contributed by atoms with van der Waals surface area (Å²) in [4.78, 5) is 33.2.